The van der Waals surface area contributed by atoms with Crippen LogP contribution < -0.4 is 5.32 Å². The Morgan fingerprint density at radius 2 is 2.29 bits per heavy atom. The number of carboxylic acids is 1. The molecule has 0 bridgehead atoms. The maximum Gasteiger partial charge on any atom is 0.328 e. The lowest BCUT2D eigenvalue weighted by molar-refractivity contribution is -0.158. The van der Waals surface area contributed by atoms with Crippen LogP contribution in [0.25, 0.3) is 0 Å². The van der Waals surface area contributed by atoms with E-state index in [-0.39, 0.29) is 18.6 Å². The largest absolute Gasteiger partial charge is 0.480 e. The zero-order valence-electron chi connectivity index (χ0n) is 10.3. The molecule has 98 valence electrons. The fourth-order valence-electron chi connectivity index (χ4n) is 1.91. The molecule has 1 saturated heterocycles. The van der Waals surface area contributed by atoms with Gasteiger partial charge in [-0.05, 0) is 13.5 Å². The van der Waals surface area contributed by atoms with Crippen molar-refractivity contribution < 1.29 is 19.4 Å². The van der Waals surface area contributed by atoms with Gasteiger partial charge >= 0.3 is 5.97 Å². The number of nitrogens with zero attached hydrogens (tertiary/aromatic N) is 1. The zero-order valence-corrected chi connectivity index (χ0v) is 10.3. The number of rotatable bonds is 5. The summed E-state index contributed by atoms with van der Waals surface area (Å²) in [6, 6.07) is -0.783. The Morgan fingerprint density at radius 3 is 2.88 bits per heavy atom. The van der Waals surface area contributed by atoms with Crippen LogP contribution in [0.1, 0.15) is 20.3 Å². The number of carbonyl (C=O) groups excluding carboxylic acids is 1. The number of morpholine rings is 1. The van der Waals surface area contributed by atoms with Gasteiger partial charge in [0.25, 0.3) is 0 Å². The summed E-state index contributed by atoms with van der Waals surface area (Å²) in [6.45, 7) is 5.52. The van der Waals surface area contributed by atoms with Crippen LogP contribution in [0.5, 0.6) is 0 Å². The molecule has 0 aromatic carbocycles. The van der Waals surface area contributed by atoms with Crippen LogP contribution in [-0.4, -0.2) is 60.3 Å². The molecule has 1 aliphatic rings. The molecule has 1 heterocycles. The third kappa shape index (κ3) is 3.98. The summed E-state index contributed by atoms with van der Waals surface area (Å²) >= 11 is 0. The summed E-state index contributed by atoms with van der Waals surface area (Å²) in [5, 5.41) is 12.1. The molecule has 0 saturated carbocycles. The fraction of sp³-hybridized carbons (Fsp3) is 0.818. The molecule has 0 aromatic heterocycles. The Morgan fingerprint density at radius 1 is 1.59 bits per heavy atom. The molecule has 6 heteroatoms. The van der Waals surface area contributed by atoms with Crippen molar-refractivity contribution in [2.45, 2.75) is 32.4 Å². The predicted molar refractivity (Wildman–Crippen MR) is 61.7 cm³/mol. The SMILES string of the molecule is CCNC(C)CC(=O)N1CCOCC1C(=O)O. The van der Waals surface area contributed by atoms with Gasteiger partial charge in [-0.1, -0.05) is 6.92 Å². The van der Waals surface area contributed by atoms with Crippen molar-refractivity contribution in [2.24, 2.45) is 0 Å². The van der Waals surface area contributed by atoms with Crippen LogP contribution in [0.2, 0.25) is 0 Å². The number of hydrogen-bond acceptors (Lipinski definition) is 4. The van der Waals surface area contributed by atoms with E-state index >= 15 is 0 Å². The van der Waals surface area contributed by atoms with Gasteiger partial charge in [-0.25, -0.2) is 4.79 Å². The van der Waals surface area contributed by atoms with Crippen LogP contribution in [0.3, 0.4) is 0 Å². The van der Waals surface area contributed by atoms with E-state index in [4.69, 9.17) is 9.84 Å². The number of nitrogens with one attached hydrogen (secondary N) is 1. The van der Waals surface area contributed by atoms with Crippen LogP contribution >= 0.6 is 0 Å². The molecule has 1 aliphatic heterocycles. The minimum atomic E-state index is -1.01. The second kappa shape index (κ2) is 6.56. The highest BCUT2D eigenvalue weighted by atomic mass is 16.5. The number of carboxylic acid groups (broad SMARTS) is 1. The quantitative estimate of drug-likeness (QED) is 0.693. The standard InChI is InChI=1S/C11H20N2O4/c1-3-12-8(2)6-10(14)13-4-5-17-7-9(13)11(15)16/h8-9,12H,3-7H2,1-2H3,(H,15,16). The molecule has 1 rings (SSSR count). The van der Waals surface area contributed by atoms with Gasteiger partial charge in [0.2, 0.25) is 5.91 Å². The van der Waals surface area contributed by atoms with Gasteiger partial charge in [-0.15, -0.1) is 0 Å². The van der Waals surface area contributed by atoms with E-state index < -0.39 is 12.0 Å². The zero-order chi connectivity index (χ0) is 12.8. The molecule has 0 spiro atoms. The van der Waals surface area contributed by atoms with Crippen molar-refractivity contribution in [3.63, 3.8) is 0 Å². The Balaban J connectivity index is 2.56. The van der Waals surface area contributed by atoms with Crippen molar-refractivity contribution in [1.82, 2.24) is 10.2 Å². The third-order valence-corrected chi connectivity index (χ3v) is 2.77. The molecule has 0 aromatic rings. The maximum absolute atomic E-state index is 12.0. The monoisotopic (exact) mass is 244 g/mol. The van der Waals surface area contributed by atoms with Crippen molar-refractivity contribution in [1.29, 1.82) is 0 Å². The lowest BCUT2D eigenvalue weighted by Crippen LogP contribution is -2.53. The average molecular weight is 244 g/mol. The molecule has 1 amide bonds. The van der Waals surface area contributed by atoms with Crippen LogP contribution in [-0.2, 0) is 14.3 Å². The van der Waals surface area contributed by atoms with E-state index in [9.17, 15) is 9.59 Å². The van der Waals surface area contributed by atoms with E-state index in [2.05, 4.69) is 5.32 Å². The van der Waals surface area contributed by atoms with Crippen molar-refractivity contribution in [2.75, 3.05) is 26.3 Å². The molecule has 17 heavy (non-hydrogen) atoms. The van der Waals surface area contributed by atoms with Crippen LogP contribution in [0, 0.1) is 0 Å². The smallest absolute Gasteiger partial charge is 0.328 e. The minimum absolute atomic E-state index is 0.0600. The summed E-state index contributed by atoms with van der Waals surface area (Å²) in [4.78, 5) is 24.4. The lowest BCUT2D eigenvalue weighted by Gasteiger charge is -2.33. The molecule has 2 N–H and O–H groups in total. The molecule has 2 unspecified atom stereocenters. The van der Waals surface area contributed by atoms with Gasteiger partial charge in [0.15, 0.2) is 6.04 Å². The van der Waals surface area contributed by atoms with E-state index in [1.54, 1.807) is 0 Å². The van der Waals surface area contributed by atoms with Gasteiger partial charge in [0.05, 0.1) is 13.2 Å². The molecule has 6 nitrogen and oxygen atoms in total. The maximum atomic E-state index is 12.0. The highest BCUT2D eigenvalue weighted by molar-refractivity contribution is 5.84. The second-order valence-corrected chi connectivity index (χ2v) is 4.18. The van der Waals surface area contributed by atoms with Gasteiger partial charge in [-0.2, -0.15) is 0 Å². The summed E-state index contributed by atoms with van der Waals surface area (Å²) in [5.41, 5.74) is 0. The Hall–Kier alpha value is -1.14. The van der Waals surface area contributed by atoms with Crippen molar-refractivity contribution in [3.8, 4) is 0 Å². The van der Waals surface area contributed by atoms with E-state index in [0.29, 0.717) is 19.6 Å². The third-order valence-electron chi connectivity index (χ3n) is 2.77. The first-order chi connectivity index (χ1) is 8.06. The Kier molecular flexibility index (Phi) is 5.37. The summed E-state index contributed by atoms with van der Waals surface area (Å²) in [7, 11) is 0. The first kappa shape index (κ1) is 13.9. The van der Waals surface area contributed by atoms with Gasteiger partial charge in [0.1, 0.15) is 0 Å². The van der Waals surface area contributed by atoms with Gasteiger partial charge < -0.3 is 20.1 Å². The molecule has 0 radical (unpaired) electrons. The normalized spacial score (nSPS) is 22.2. The van der Waals surface area contributed by atoms with Crippen LogP contribution in [0.15, 0.2) is 0 Å². The first-order valence-electron chi connectivity index (χ1n) is 5.89. The topological polar surface area (TPSA) is 78.9 Å². The number of hydrogen-bond donors (Lipinski definition) is 2. The summed E-state index contributed by atoms with van der Waals surface area (Å²) in [5.74, 6) is -1.14. The van der Waals surface area contributed by atoms with Gasteiger partial charge in [-0.3, -0.25) is 4.79 Å². The first-order valence-corrected chi connectivity index (χ1v) is 5.89. The fourth-order valence-corrected chi connectivity index (χ4v) is 1.91. The van der Waals surface area contributed by atoms with E-state index in [1.807, 2.05) is 13.8 Å². The second-order valence-electron chi connectivity index (χ2n) is 4.18. The summed E-state index contributed by atoms with van der Waals surface area (Å²) < 4.78 is 5.09. The van der Waals surface area contributed by atoms with Crippen molar-refractivity contribution in [3.05, 3.63) is 0 Å². The Bertz CT molecular complexity index is 283. The number of ether oxygens (including phenoxy) is 1. The van der Waals surface area contributed by atoms with E-state index in [1.165, 1.54) is 4.90 Å². The number of aliphatic carboxylic acids is 1. The average Bonchev–Trinajstić information content (AvgIpc) is 2.29. The number of amides is 1. The molecule has 0 aliphatic carbocycles. The molecular formula is C11H20N2O4. The molecule has 2 atom stereocenters. The summed E-state index contributed by atoms with van der Waals surface area (Å²) in [6.07, 6.45) is 0.317. The molecule has 1 fully saturated rings. The highest BCUT2D eigenvalue weighted by Gasteiger charge is 2.32. The highest BCUT2D eigenvalue weighted by Crippen LogP contribution is 2.10. The Labute approximate surface area is 101 Å². The minimum Gasteiger partial charge on any atom is -0.480 e. The van der Waals surface area contributed by atoms with Crippen LogP contribution in [0.4, 0.5) is 0 Å². The van der Waals surface area contributed by atoms with Crippen molar-refractivity contribution >= 4 is 11.9 Å². The van der Waals surface area contributed by atoms with Gasteiger partial charge in [0, 0.05) is 19.0 Å². The molecular weight excluding hydrogens is 224 g/mol. The number of carbonyl (C=O) groups is 2. The van der Waals surface area contributed by atoms with E-state index in [0.717, 1.165) is 6.54 Å². The lowest BCUT2D eigenvalue weighted by atomic mass is 10.1. The predicted octanol–water partition coefficient (Wildman–Crippen LogP) is -0.313.